The van der Waals surface area contributed by atoms with Crippen LogP contribution in [0.3, 0.4) is 0 Å². The minimum atomic E-state index is 0.409. The molecule has 1 atom stereocenters. The largest absolute Gasteiger partial charge is 0.339 e. The molecule has 2 rings (SSSR count). The van der Waals surface area contributed by atoms with Gasteiger partial charge < -0.3 is 9.84 Å². The highest BCUT2D eigenvalue weighted by molar-refractivity contribution is 7.08. The summed E-state index contributed by atoms with van der Waals surface area (Å²) in [5, 5.41) is 11.5. The highest BCUT2D eigenvalue weighted by atomic mass is 32.1. The molecule has 0 saturated heterocycles. The van der Waals surface area contributed by atoms with Gasteiger partial charge in [0.25, 0.3) is 0 Å². The summed E-state index contributed by atoms with van der Waals surface area (Å²) in [6.07, 6.45) is 3.06. The van der Waals surface area contributed by atoms with Gasteiger partial charge in [-0.1, -0.05) is 18.5 Å². The zero-order valence-electron chi connectivity index (χ0n) is 11.1. The molecule has 1 unspecified atom stereocenters. The summed E-state index contributed by atoms with van der Waals surface area (Å²) in [5.41, 5.74) is 2.28. The van der Waals surface area contributed by atoms with E-state index >= 15 is 0 Å². The predicted octanol–water partition coefficient (Wildman–Crippen LogP) is 3.04. The lowest BCUT2D eigenvalue weighted by atomic mass is 10.1. The predicted molar refractivity (Wildman–Crippen MR) is 73.8 cm³/mol. The second-order valence-electron chi connectivity index (χ2n) is 4.46. The fourth-order valence-electron chi connectivity index (χ4n) is 1.94. The van der Waals surface area contributed by atoms with Crippen molar-refractivity contribution in [2.45, 2.75) is 39.2 Å². The van der Waals surface area contributed by atoms with Crippen LogP contribution in [0.1, 0.15) is 31.2 Å². The van der Waals surface area contributed by atoms with E-state index < -0.39 is 0 Å². The number of hydrogen-bond acceptors (Lipinski definition) is 5. The van der Waals surface area contributed by atoms with Crippen LogP contribution in [0.5, 0.6) is 0 Å². The van der Waals surface area contributed by atoms with Gasteiger partial charge in [-0.15, -0.1) is 0 Å². The van der Waals surface area contributed by atoms with Gasteiger partial charge >= 0.3 is 0 Å². The fourth-order valence-corrected chi connectivity index (χ4v) is 2.77. The summed E-state index contributed by atoms with van der Waals surface area (Å²) in [5.74, 6) is 1.42. The molecule has 0 amide bonds. The second-order valence-corrected chi connectivity index (χ2v) is 5.20. The Morgan fingerprint density at radius 1 is 1.44 bits per heavy atom. The van der Waals surface area contributed by atoms with Crippen LogP contribution in [0.2, 0.25) is 0 Å². The SMILES string of the molecule is CCCC(Cc1nc(-c2cscc2C)no1)NC. The number of aromatic nitrogens is 2. The molecule has 0 fully saturated rings. The average Bonchev–Trinajstić information content (AvgIpc) is 2.97. The molecule has 0 radical (unpaired) electrons. The first-order valence-corrected chi connectivity index (χ1v) is 7.21. The van der Waals surface area contributed by atoms with Gasteiger partial charge in [0, 0.05) is 23.4 Å². The van der Waals surface area contributed by atoms with E-state index in [1.54, 1.807) is 11.3 Å². The summed E-state index contributed by atoms with van der Waals surface area (Å²) in [7, 11) is 1.97. The summed E-state index contributed by atoms with van der Waals surface area (Å²) < 4.78 is 5.33. The van der Waals surface area contributed by atoms with Gasteiger partial charge in [-0.25, -0.2) is 0 Å². The fraction of sp³-hybridized carbons (Fsp3) is 0.538. The van der Waals surface area contributed by atoms with E-state index in [2.05, 4.69) is 40.1 Å². The minimum Gasteiger partial charge on any atom is -0.339 e. The third-order valence-electron chi connectivity index (χ3n) is 3.03. The van der Waals surface area contributed by atoms with Crippen molar-refractivity contribution in [2.24, 2.45) is 0 Å². The van der Waals surface area contributed by atoms with Crippen LogP contribution in [0.25, 0.3) is 11.4 Å². The third kappa shape index (κ3) is 2.97. The van der Waals surface area contributed by atoms with Crippen molar-refractivity contribution in [2.75, 3.05) is 7.05 Å². The molecule has 18 heavy (non-hydrogen) atoms. The Kier molecular flexibility index (Phi) is 4.49. The van der Waals surface area contributed by atoms with Crippen LogP contribution in [0.15, 0.2) is 15.3 Å². The monoisotopic (exact) mass is 265 g/mol. The molecule has 0 saturated carbocycles. The van der Waals surface area contributed by atoms with E-state index in [1.807, 2.05) is 7.05 Å². The van der Waals surface area contributed by atoms with Crippen LogP contribution in [-0.2, 0) is 6.42 Å². The Morgan fingerprint density at radius 2 is 2.28 bits per heavy atom. The topological polar surface area (TPSA) is 51.0 Å². The molecule has 0 bridgehead atoms. The summed E-state index contributed by atoms with van der Waals surface area (Å²) in [4.78, 5) is 4.47. The van der Waals surface area contributed by atoms with Crippen LogP contribution in [0.4, 0.5) is 0 Å². The average molecular weight is 265 g/mol. The third-order valence-corrected chi connectivity index (χ3v) is 3.89. The number of likely N-dealkylation sites (N-methyl/N-ethyl adjacent to an activating group) is 1. The number of nitrogens with zero attached hydrogens (tertiary/aromatic N) is 2. The molecule has 0 spiro atoms. The van der Waals surface area contributed by atoms with Crippen molar-refractivity contribution in [1.29, 1.82) is 0 Å². The zero-order chi connectivity index (χ0) is 13.0. The Hall–Kier alpha value is -1.20. The quantitative estimate of drug-likeness (QED) is 0.872. The normalized spacial score (nSPS) is 12.8. The van der Waals surface area contributed by atoms with E-state index in [0.29, 0.717) is 17.8 Å². The van der Waals surface area contributed by atoms with Crippen molar-refractivity contribution in [3.63, 3.8) is 0 Å². The van der Waals surface area contributed by atoms with E-state index in [4.69, 9.17) is 4.52 Å². The molecule has 0 aliphatic heterocycles. The van der Waals surface area contributed by atoms with Gasteiger partial charge in [0.05, 0.1) is 0 Å². The van der Waals surface area contributed by atoms with Crippen molar-refractivity contribution in [3.05, 3.63) is 22.2 Å². The highest BCUT2D eigenvalue weighted by Gasteiger charge is 2.14. The van der Waals surface area contributed by atoms with Crippen molar-refractivity contribution in [3.8, 4) is 11.4 Å². The van der Waals surface area contributed by atoms with E-state index in [1.165, 1.54) is 5.56 Å². The molecule has 0 aliphatic carbocycles. The van der Waals surface area contributed by atoms with Crippen LogP contribution >= 0.6 is 11.3 Å². The zero-order valence-corrected chi connectivity index (χ0v) is 11.9. The van der Waals surface area contributed by atoms with Gasteiger partial charge in [0.15, 0.2) is 0 Å². The van der Waals surface area contributed by atoms with E-state index in [-0.39, 0.29) is 0 Å². The molecule has 0 aliphatic rings. The maximum absolute atomic E-state index is 5.33. The van der Waals surface area contributed by atoms with Crippen molar-refractivity contribution >= 4 is 11.3 Å². The Balaban J connectivity index is 2.09. The molecular formula is C13H19N3OS. The van der Waals surface area contributed by atoms with Gasteiger partial charge in [-0.3, -0.25) is 0 Å². The molecule has 0 aromatic carbocycles. The minimum absolute atomic E-state index is 0.409. The van der Waals surface area contributed by atoms with Gasteiger partial charge in [-0.05, 0) is 31.3 Å². The van der Waals surface area contributed by atoms with Gasteiger partial charge in [-0.2, -0.15) is 16.3 Å². The first kappa shape index (κ1) is 13.2. The smallest absolute Gasteiger partial charge is 0.228 e. The van der Waals surface area contributed by atoms with Crippen molar-refractivity contribution in [1.82, 2.24) is 15.5 Å². The first-order valence-electron chi connectivity index (χ1n) is 6.27. The molecule has 5 heteroatoms. The number of rotatable bonds is 6. The summed E-state index contributed by atoms with van der Waals surface area (Å²) in [6, 6.07) is 0.409. The van der Waals surface area contributed by atoms with Crippen LogP contribution in [0, 0.1) is 6.92 Å². The summed E-state index contributed by atoms with van der Waals surface area (Å²) in [6.45, 7) is 4.24. The second kappa shape index (κ2) is 6.11. The van der Waals surface area contributed by atoms with Crippen LogP contribution < -0.4 is 5.32 Å². The molecule has 2 heterocycles. The lowest BCUT2D eigenvalue weighted by Gasteiger charge is -2.11. The standard InChI is InChI=1S/C13H19N3OS/c1-4-5-10(14-3)6-12-15-13(16-17-12)11-8-18-7-9(11)2/h7-8,10,14H,4-6H2,1-3H3. The van der Waals surface area contributed by atoms with E-state index in [9.17, 15) is 0 Å². The van der Waals surface area contributed by atoms with E-state index in [0.717, 1.165) is 24.8 Å². The van der Waals surface area contributed by atoms with Gasteiger partial charge in [0.1, 0.15) is 0 Å². The number of thiophene rings is 1. The number of nitrogens with one attached hydrogen (secondary N) is 1. The molecule has 2 aromatic rings. The molecule has 98 valence electrons. The Bertz CT molecular complexity index is 492. The van der Waals surface area contributed by atoms with Crippen LogP contribution in [-0.4, -0.2) is 23.2 Å². The Labute approximate surface area is 111 Å². The number of aryl methyl sites for hydroxylation is 1. The Morgan fingerprint density at radius 3 is 2.89 bits per heavy atom. The molecular weight excluding hydrogens is 246 g/mol. The first-order chi connectivity index (χ1) is 8.74. The highest BCUT2D eigenvalue weighted by Crippen LogP contribution is 2.24. The molecule has 2 aromatic heterocycles. The maximum Gasteiger partial charge on any atom is 0.228 e. The molecule has 4 nitrogen and oxygen atoms in total. The number of hydrogen-bond donors (Lipinski definition) is 1. The lowest BCUT2D eigenvalue weighted by molar-refractivity contribution is 0.356. The molecule has 1 N–H and O–H groups in total. The lowest BCUT2D eigenvalue weighted by Crippen LogP contribution is -2.27. The van der Waals surface area contributed by atoms with Crippen molar-refractivity contribution < 1.29 is 4.52 Å². The van der Waals surface area contributed by atoms with Gasteiger partial charge in [0.2, 0.25) is 11.7 Å². The maximum atomic E-state index is 5.33. The summed E-state index contributed by atoms with van der Waals surface area (Å²) >= 11 is 1.66.